The number of hydrogen-bond donors (Lipinski definition) is 0. The summed E-state index contributed by atoms with van der Waals surface area (Å²) in [6.45, 7) is 5.72. The molecule has 0 aliphatic carbocycles. The van der Waals surface area contributed by atoms with Crippen LogP contribution in [0.4, 0.5) is 0 Å². The van der Waals surface area contributed by atoms with Crippen molar-refractivity contribution in [2.45, 2.75) is 25.5 Å². The molecule has 1 heterocycles. The van der Waals surface area contributed by atoms with Crippen LogP contribution >= 0.6 is 27.3 Å². The number of nitrogens with zero attached hydrogens (tertiary/aromatic N) is 1. The zero-order valence-electron chi connectivity index (χ0n) is 8.28. The van der Waals surface area contributed by atoms with E-state index in [0.29, 0.717) is 0 Å². The van der Waals surface area contributed by atoms with Crippen LogP contribution in [0.3, 0.4) is 0 Å². The average Bonchev–Trinajstić information content (AvgIpc) is 2.45. The topological polar surface area (TPSA) is 29.4 Å². The minimum Gasteiger partial charge on any atom is -0.234 e. The first-order chi connectivity index (χ1) is 6.41. The lowest BCUT2D eigenvalue weighted by molar-refractivity contribution is 0.651. The van der Waals surface area contributed by atoms with E-state index in [1.54, 1.807) is 17.6 Å². The molecule has 0 aromatic carbocycles. The third-order valence-electron chi connectivity index (χ3n) is 1.43. The second kappa shape index (κ2) is 4.68. The molecular weight excluding hydrogens is 282 g/mol. The molecule has 1 atom stereocenters. The van der Waals surface area contributed by atoms with Gasteiger partial charge in [-0.1, -0.05) is 0 Å². The van der Waals surface area contributed by atoms with Gasteiger partial charge in [-0.3, -0.25) is 0 Å². The van der Waals surface area contributed by atoms with Crippen LogP contribution in [0.5, 0.6) is 0 Å². The Morgan fingerprint density at radius 2 is 2.21 bits per heavy atom. The van der Waals surface area contributed by atoms with E-state index in [1.165, 1.54) is 0 Å². The second-order valence-corrected chi connectivity index (χ2v) is 7.46. The van der Waals surface area contributed by atoms with Gasteiger partial charge in [-0.25, -0.2) is 4.21 Å². The molecule has 0 N–H and O–H groups in total. The van der Waals surface area contributed by atoms with Gasteiger partial charge in [-0.05, 0) is 48.1 Å². The van der Waals surface area contributed by atoms with Gasteiger partial charge in [0.2, 0.25) is 0 Å². The van der Waals surface area contributed by atoms with E-state index in [1.807, 2.05) is 32.2 Å². The number of halogens is 1. The molecule has 1 aromatic heterocycles. The lowest BCUT2D eigenvalue weighted by atomic mass is 10.3. The maximum absolute atomic E-state index is 11.6. The van der Waals surface area contributed by atoms with E-state index in [-0.39, 0.29) is 4.75 Å². The Hall–Kier alpha value is -0.000000000000000111. The largest absolute Gasteiger partial charge is 0.234 e. The molecule has 0 radical (unpaired) electrons. The lowest BCUT2D eigenvalue weighted by Crippen LogP contribution is -2.19. The molecule has 0 aliphatic heterocycles. The lowest BCUT2D eigenvalue weighted by Gasteiger charge is -2.12. The number of hydrogen-bond acceptors (Lipinski definition) is 2. The van der Waals surface area contributed by atoms with Gasteiger partial charge in [-0.2, -0.15) is 4.40 Å². The first kappa shape index (κ1) is 12.1. The van der Waals surface area contributed by atoms with Crippen LogP contribution in [0, 0.1) is 0 Å². The molecule has 1 unspecified atom stereocenters. The van der Waals surface area contributed by atoms with Gasteiger partial charge in [0.15, 0.2) is 0 Å². The molecule has 0 spiro atoms. The van der Waals surface area contributed by atoms with Crippen LogP contribution in [0.2, 0.25) is 0 Å². The predicted molar refractivity (Wildman–Crippen MR) is 67.5 cm³/mol. The summed E-state index contributed by atoms with van der Waals surface area (Å²) >= 11 is 4.96. The molecule has 2 nitrogen and oxygen atoms in total. The Labute approximate surface area is 99.2 Å². The third kappa shape index (κ3) is 3.29. The normalized spacial score (nSPS) is 14.9. The highest BCUT2D eigenvalue weighted by Gasteiger charge is 2.18. The van der Waals surface area contributed by atoms with Crippen molar-refractivity contribution in [1.29, 1.82) is 0 Å². The Morgan fingerprint density at radius 3 is 2.64 bits per heavy atom. The van der Waals surface area contributed by atoms with Crippen molar-refractivity contribution in [2.24, 2.45) is 4.40 Å². The first-order valence-electron chi connectivity index (χ1n) is 4.10. The highest BCUT2D eigenvalue weighted by atomic mass is 79.9. The molecule has 14 heavy (non-hydrogen) atoms. The summed E-state index contributed by atoms with van der Waals surface area (Å²) < 4.78 is 16.3. The summed E-state index contributed by atoms with van der Waals surface area (Å²) in [7, 11) is -1.17. The van der Waals surface area contributed by atoms with Crippen LogP contribution in [0.1, 0.15) is 25.6 Å². The molecule has 1 rings (SSSR count). The van der Waals surface area contributed by atoms with Crippen LogP contribution in [-0.2, 0) is 11.0 Å². The minimum atomic E-state index is -1.17. The van der Waals surface area contributed by atoms with E-state index >= 15 is 0 Å². The molecule has 0 saturated carbocycles. The average molecular weight is 294 g/mol. The minimum absolute atomic E-state index is 0.291. The van der Waals surface area contributed by atoms with Crippen molar-refractivity contribution in [3.8, 4) is 0 Å². The molecule has 0 aliphatic rings. The Balaban J connectivity index is 2.75. The van der Waals surface area contributed by atoms with Gasteiger partial charge in [-0.15, -0.1) is 11.3 Å². The smallest absolute Gasteiger partial charge is 0.144 e. The monoisotopic (exact) mass is 293 g/mol. The maximum atomic E-state index is 11.6. The van der Waals surface area contributed by atoms with Gasteiger partial charge in [0.1, 0.15) is 11.0 Å². The van der Waals surface area contributed by atoms with Gasteiger partial charge >= 0.3 is 0 Å². The quantitative estimate of drug-likeness (QED) is 0.769. The predicted octanol–water partition coefficient (Wildman–Crippen LogP) is 3.39. The standard InChI is InChI=1S/C9H12BrNOS2/c1-9(2,3)14(12)11-6-8-7(10)4-5-13-8/h4-6H,1-3H3/b11-6+. The fourth-order valence-electron chi connectivity index (χ4n) is 0.651. The highest BCUT2D eigenvalue weighted by Crippen LogP contribution is 2.21. The molecule has 0 fully saturated rings. The first-order valence-corrected chi connectivity index (χ1v) is 6.88. The molecule has 78 valence electrons. The summed E-state index contributed by atoms with van der Waals surface area (Å²) in [4.78, 5) is 1.00. The Bertz CT molecular complexity index is 365. The summed E-state index contributed by atoms with van der Waals surface area (Å²) in [6, 6.07) is 1.95. The van der Waals surface area contributed by atoms with E-state index in [2.05, 4.69) is 20.3 Å². The van der Waals surface area contributed by atoms with Gasteiger partial charge in [0.05, 0.1) is 15.8 Å². The van der Waals surface area contributed by atoms with Crippen molar-refractivity contribution in [3.63, 3.8) is 0 Å². The zero-order valence-corrected chi connectivity index (χ0v) is 11.5. The van der Waals surface area contributed by atoms with E-state index in [4.69, 9.17) is 0 Å². The van der Waals surface area contributed by atoms with Crippen LogP contribution < -0.4 is 0 Å². The van der Waals surface area contributed by atoms with Crippen molar-refractivity contribution in [3.05, 3.63) is 20.8 Å². The van der Waals surface area contributed by atoms with Crippen molar-refractivity contribution < 1.29 is 4.21 Å². The summed E-state index contributed by atoms with van der Waals surface area (Å²) in [5.41, 5.74) is 0. The Kier molecular flexibility index (Phi) is 4.04. The molecule has 0 saturated heterocycles. The van der Waals surface area contributed by atoms with E-state index < -0.39 is 11.0 Å². The van der Waals surface area contributed by atoms with Gasteiger partial charge in [0, 0.05) is 4.47 Å². The summed E-state index contributed by atoms with van der Waals surface area (Å²) in [5.74, 6) is 0. The van der Waals surface area contributed by atoms with E-state index in [9.17, 15) is 4.21 Å². The van der Waals surface area contributed by atoms with Crippen LogP contribution in [0.25, 0.3) is 0 Å². The van der Waals surface area contributed by atoms with Gasteiger partial charge in [0.25, 0.3) is 0 Å². The van der Waals surface area contributed by atoms with Crippen molar-refractivity contribution >= 4 is 44.5 Å². The molecule has 0 amide bonds. The van der Waals surface area contributed by atoms with E-state index in [0.717, 1.165) is 9.35 Å². The fourth-order valence-corrected chi connectivity index (χ4v) is 2.57. The molecule has 5 heteroatoms. The molecule has 1 aromatic rings. The SMILES string of the molecule is CC(C)(C)S(=O)/N=C/c1sccc1Br. The number of rotatable bonds is 2. The van der Waals surface area contributed by atoms with Crippen molar-refractivity contribution in [1.82, 2.24) is 0 Å². The summed E-state index contributed by atoms with van der Waals surface area (Å²) in [6.07, 6.45) is 1.66. The molecule has 0 bridgehead atoms. The summed E-state index contributed by atoms with van der Waals surface area (Å²) in [5, 5.41) is 1.96. The Morgan fingerprint density at radius 1 is 1.57 bits per heavy atom. The van der Waals surface area contributed by atoms with Crippen LogP contribution in [-0.4, -0.2) is 15.2 Å². The van der Waals surface area contributed by atoms with Crippen LogP contribution in [0.15, 0.2) is 20.3 Å². The maximum Gasteiger partial charge on any atom is 0.144 e. The molecular formula is C9H12BrNOS2. The van der Waals surface area contributed by atoms with Gasteiger partial charge < -0.3 is 0 Å². The highest BCUT2D eigenvalue weighted by molar-refractivity contribution is 9.10. The fraction of sp³-hybridized carbons (Fsp3) is 0.444. The van der Waals surface area contributed by atoms with Crippen molar-refractivity contribution in [2.75, 3.05) is 0 Å². The third-order valence-corrected chi connectivity index (χ3v) is 4.58. The number of thiophene rings is 1. The zero-order chi connectivity index (χ0) is 10.8. The second-order valence-electron chi connectivity index (χ2n) is 3.73.